The third-order valence-corrected chi connectivity index (χ3v) is 4.18. The highest BCUT2D eigenvalue weighted by Crippen LogP contribution is 2.25. The fraction of sp³-hybridized carbons (Fsp3) is 0.412. The summed E-state index contributed by atoms with van der Waals surface area (Å²) < 4.78 is 5.18. The first-order valence-electron chi connectivity index (χ1n) is 7.44. The van der Waals surface area contributed by atoms with E-state index < -0.39 is 0 Å². The van der Waals surface area contributed by atoms with Crippen molar-refractivity contribution in [3.63, 3.8) is 0 Å². The van der Waals surface area contributed by atoms with Gasteiger partial charge in [0, 0.05) is 6.07 Å². The number of aryl methyl sites for hydroxylation is 2. The van der Waals surface area contributed by atoms with Gasteiger partial charge in [0.2, 0.25) is 5.88 Å². The van der Waals surface area contributed by atoms with E-state index in [1.165, 1.54) is 36.0 Å². The van der Waals surface area contributed by atoms with Crippen LogP contribution in [0.25, 0.3) is 0 Å². The summed E-state index contributed by atoms with van der Waals surface area (Å²) >= 11 is 0. The first-order valence-corrected chi connectivity index (χ1v) is 7.44. The van der Waals surface area contributed by atoms with Crippen molar-refractivity contribution in [2.75, 3.05) is 14.2 Å². The van der Waals surface area contributed by atoms with Crippen LogP contribution in [0.5, 0.6) is 5.88 Å². The van der Waals surface area contributed by atoms with E-state index in [1.807, 2.05) is 13.1 Å². The van der Waals surface area contributed by atoms with E-state index in [-0.39, 0.29) is 6.04 Å². The normalized spacial score (nSPS) is 14.8. The molecule has 0 amide bonds. The Balaban J connectivity index is 1.80. The summed E-state index contributed by atoms with van der Waals surface area (Å²) in [6.45, 7) is 0. The molecule has 21 heavy (non-hydrogen) atoms. The van der Waals surface area contributed by atoms with E-state index in [4.69, 9.17) is 4.74 Å². The second kappa shape index (κ2) is 6.22. The number of hydrogen-bond acceptors (Lipinski definition) is 4. The fourth-order valence-electron chi connectivity index (χ4n) is 3.00. The SMILES string of the molecule is CNC(Cc1ccc2c(c1)CCC2)c1cc(OC)ncn1. The lowest BCUT2D eigenvalue weighted by molar-refractivity contribution is 0.394. The van der Waals surface area contributed by atoms with Gasteiger partial charge < -0.3 is 10.1 Å². The lowest BCUT2D eigenvalue weighted by Crippen LogP contribution is -2.20. The number of nitrogens with zero attached hydrogens (tertiary/aromatic N) is 2. The second-order valence-electron chi connectivity index (χ2n) is 5.49. The Kier molecular flexibility index (Phi) is 4.15. The lowest BCUT2D eigenvalue weighted by Gasteiger charge is -2.16. The first-order chi connectivity index (χ1) is 10.3. The molecule has 0 spiro atoms. The maximum Gasteiger partial charge on any atom is 0.216 e. The number of hydrogen-bond donors (Lipinski definition) is 1. The minimum absolute atomic E-state index is 0.168. The zero-order valence-electron chi connectivity index (χ0n) is 12.6. The van der Waals surface area contributed by atoms with E-state index in [2.05, 4.69) is 33.5 Å². The van der Waals surface area contributed by atoms with E-state index in [0.717, 1.165) is 12.1 Å². The van der Waals surface area contributed by atoms with Crippen LogP contribution >= 0.6 is 0 Å². The van der Waals surface area contributed by atoms with Gasteiger partial charge in [-0.3, -0.25) is 0 Å². The standard InChI is InChI=1S/C17H21N3O/c1-18-15(16-10-17(21-2)20-11-19-16)9-12-6-7-13-4-3-5-14(13)8-12/h6-8,10-11,15,18H,3-5,9H2,1-2H3. The zero-order chi connectivity index (χ0) is 14.7. The van der Waals surface area contributed by atoms with Gasteiger partial charge in [0.25, 0.3) is 0 Å². The van der Waals surface area contributed by atoms with Crippen LogP contribution < -0.4 is 10.1 Å². The molecule has 1 unspecified atom stereocenters. The highest BCUT2D eigenvalue weighted by Gasteiger charge is 2.15. The maximum atomic E-state index is 5.18. The average Bonchev–Trinajstić information content (AvgIpc) is 3.00. The smallest absolute Gasteiger partial charge is 0.216 e. The van der Waals surface area contributed by atoms with Crippen LogP contribution in [0, 0.1) is 0 Å². The van der Waals surface area contributed by atoms with Crippen LogP contribution in [0.3, 0.4) is 0 Å². The van der Waals surface area contributed by atoms with Crippen molar-refractivity contribution in [3.8, 4) is 5.88 Å². The third kappa shape index (κ3) is 3.05. The topological polar surface area (TPSA) is 47.0 Å². The zero-order valence-corrected chi connectivity index (χ0v) is 12.6. The van der Waals surface area contributed by atoms with Crippen LogP contribution in [-0.4, -0.2) is 24.1 Å². The summed E-state index contributed by atoms with van der Waals surface area (Å²) in [7, 11) is 3.59. The number of rotatable bonds is 5. The van der Waals surface area contributed by atoms with E-state index in [0.29, 0.717) is 5.88 Å². The molecular formula is C17H21N3O. The molecule has 0 bridgehead atoms. The molecule has 1 atom stereocenters. The molecule has 0 fully saturated rings. The minimum atomic E-state index is 0.168. The van der Waals surface area contributed by atoms with Gasteiger partial charge in [0.05, 0.1) is 18.8 Å². The molecule has 1 aliphatic rings. The summed E-state index contributed by atoms with van der Waals surface area (Å²) in [5.74, 6) is 0.606. The van der Waals surface area contributed by atoms with Crippen LogP contribution in [0.2, 0.25) is 0 Å². The molecule has 0 saturated carbocycles. The summed E-state index contributed by atoms with van der Waals surface area (Å²) in [5.41, 5.74) is 5.35. The van der Waals surface area contributed by atoms with Gasteiger partial charge >= 0.3 is 0 Å². The molecule has 2 aromatic rings. The number of methoxy groups -OCH3 is 1. The van der Waals surface area contributed by atoms with Gasteiger partial charge in [-0.15, -0.1) is 0 Å². The van der Waals surface area contributed by atoms with Crippen molar-refractivity contribution in [3.05, 3.63) is 53.0 Å². The largest absolute Gasteiger partial charge is 0.481 e. The van der Waals surface area contributed by atoms with Crippen molar-refractivity contribution >= 4 is 0 Å². The van der Waals surface area contributed by atoms with Gasteiger partial charge in [-0.05, 0) is 49.4 Å². The molecule has 1 heterocycles. The molecule has 4 heteroatoms. The van der Waals surface area contributed by atoms with Gasteiger partial charge in [-0.1, -0.05) is 18.2 Å². The predicted molar refractivity (Wildman–Crippen MR) is 82.6 cm³/mol. The summed E-state index contributed by atoms with van der Waals surface area (Å²) in [6, 6.07) is 8.94. The highest BCUT2D eigenvalue weighted by atomic mass is 16.5. The monoisotopic (exact) mass is 283 g/mol. The minimum Gasteiger partial charge on any atom is -0.481 e. The number of nitrogens with one attached hydrogen (secondary N) is 1. The molecular weight excluding hydrogens is 262 g/mol. The molecule has 1 aromatic carbocycles. The molecule has 0 radical (unpaired) electrons. The van der Waals surface area contributed by atoms with Gasteiger partial charge in [0.1, 0.15) is 6.33 Å². The quantitative estimate of drug-likeness (QED) is 0.916. The fourth-order valence-corrected chi connectivity index (χ4v) is 3.00. The second-order valence-corrected chi connectivity index (χ2v) is 5.49. The number of benzene rings is 1. The molecule has 3 rings (SSSR count). The summed E-state index contributed by atoms with van der Waals surface area (Å²) in [5, 5.41) is 3.34. The van der Waals surface area contributed by atoms with Gasteiger partial charge in [0.15, 0.2) is 0 Å². The lowest BCUT2D eigenvalue weighted by atomic mass is 9.99. The Morgan fingerprint density at radius 2 is 2.05 bits per heavy atom. The summed E-state index contributed by atoms with van der Waals surface area (Å²) in [6.07, 6.45) is 6.21. The Bertz CT molecular complexity index is 627. The maximum absolute atomic E-state index is 5.18. The molecule has 1 N–H and O–H groups in total. The Hall–Kier alpha value is -1.94. The predicted octanol–water partition coefficient (Wildman–Crippen LogP) is 2.48. The number of ether oxygens (including phenoxy) is 1. The van der Waals surface area contributed by atoms with Gasteiger partial charge in [-0.2, -0.15) is 0 Å². The van der Waals surface area contributed by atoms with E-state index in [1.54, 1.807) is 13.4 Å². The van der Waals surface area contributed by atoms with Crippen molar-refractivity contribution in [1.29, 1.82) is 0 Å². The number of aromatic nitrogens is 2. The molecule has 0 saturated heterocycles. The Labute approximate surface area is 125 Å². The van der Waals surface area contributed by atoms with Crippen molar-refractivity contribution in [2.24, 2.45) is 0 Å². The Morgan fingerprint density at radius 3 is 2.86 bits per heavy atom. The van der Waals surface area contributed by atoms with Crippen molar-refractivity contribution < 1.29 is 4.74 Å². The molecule has 1 aromatic heterocycles. The third-order valence-electron chi connectivity index (χ3n) is 4.18. The van der Waals surface area contributed by atoms with Crippen LogP contribution in [-0.2, 0) is 19.3 Å². The van der Waals surface area contributed by atoms with Gasteiger partial charge in [-0.25, -0.2) is 9.97 Å². The molecule has 0 aliphatic heterocycles. The molecule has 4 nitrogen and oxygen atoms in total. The summed E-state index contributed by atoms with van der Waals surface area (Å²) in [4.78, 5) is 8.44. The van der Waals surface area contributed by atoms with Crippen molar-refractivity contribution in [1.82, 2.24) is 15.3 Å². The highest BCUT2D eigenvalue weighted by molar-refractivity contribution is 5.36. The van der Waals surface area contributed by atoms with Crippen LogP contribution in [0.1, 0.15) is 34.8 Å². The molecule has 1 aliphatic carbocycles. The Morgan fingerprint density at radius 1 is 1.19 bits per heavy atom. The first kappa shape index (κ1) is 14.0. The van der Waals surface area contributed by atoms with Crippen LogP contribution in [0.4, 0.5) is 0 Å². The van der Waals surface area contributed by atoms with Crippen LogP contribution in [0.15, 0.2) is 30.6 Å². The van der Waals surface area contributed by atoms with Crippen molar-refractivity contribution in [2.45, 2.75) is 31.7 Å². The van der Waals surface area contributed by atoms with E-state index >= 15 is 0 Å². The number of likely N-dealkylation sites (N-methyl/N-ethyl adjacent to an activating group) is 1. The van der Waals surface area contributed by atoms with E-state index in [9.17, 15) is 0 Å². The number of fused-ring (bicyclic) bond motifs is 1. The molecule has 110 valence electrons. The average molecular weight is 283 g/mol.